The van der Waals surface area contributed by atoms with Gasteiger partial charge in [-0.15, -0.1) is 0 Å². The Kier molecular flexibility index (Phi) is 3.97. The summed E-state index contributed by atoms with van der Waals surface area (Å²) in [5, 5.41) is 9.30. The number of hydrogen-bond donors (Lipinski definition) is 1. The Hall–Kier alpha value is -2.04. The van der Waals surface area contributed by atoms with Gasteiger partial charge < -0.3 is 10.0 Å². The monoisotopic (exact) mass is 276 g/mol. The fraction of sp³-hybridized carbons (Fsp3) is 0.467. The molecule has 2 atom stereocenters. The minimum atomic E-state index is -0.929. The second kappa shape index (κ2) is 5.53. The lowest BCUT2D eigenvalue weighted by Gasteiger charge is -2.29. The summed E-state index contributed by atoms with van der Waals surface area (Å²) in [5.41, 5.74) is 1.80. The first-order valence-electron chi connectivity index (χ1n) is 6.76. The van der Waals surface area contributed by atoms with E-state index < -0.39 is 12.0 Å². The highest BCUT2D eigenvalue weighted by atomic mass is 16.4. The minimum absolute atomic E-state index is 0.0123. The predicted molar refractivity (Wildman–Crippen MR) is 76.9 cm³/mol. The number of carbonyl (C=O) groups is 2. The number of benzene rings is 1. The quantitative estimate of drug-likeness (QED) is 0.902. The Morgan fingerprint density at radius 2 is 2.00 bits per heavy atom. The fourth-order valence-corrected chi connectivity index (χ4v) is 2.77. The van der Waals surface area contributed by atoms with Crippen LogP contribution < -0.4 is 4.90 Å². The number of anilines is 1. The molecule has 1 aliphatic heterocycles. The Balaban J connectivity index is 2.23. The molecule has 0 saturated carbocycles. The summed E-state index contributed by atoms with van der Waals surface area (Å²) >= 11 is 0. The van der Waals surface area contributed by atoms with Crippen molar-refractivity contribution in [2.45, 2.75) is 26.3 Å². The maximum Gasteiger partial charge on any atom is 0.326 e. The zero-order chi connectivity index (χ0) is 14.9. The lowest BCUT2D eigenvalue weighted by atomic mass is 10.0. The SMILES string of the molecule is Cc1ccccc1N(C)C(=O)N1CCC(C)C1C(=O)O. The van der Waals surface area contributed by atoms with Crippen molar-refractivity contribution in [2.75, 3.05) is 18.5 Å². The highest BCUT2D eigenvalue weighted by Gasteiger charge is 2.40. The lowest BCUT2D eigenvalue weighted by molar-refractivity contribution is -0.142. The molecule has 1 aliphatic rings. The summed E-state index contributed by atoms with van der Waals surface area (Å²) < 4.78 is 0. The number of amides is 2. The summed E-state index contributed by atoms with van der Waals surface area (Å²) in [5.74, 6) is -0.941. The highest BCUT2D eigenvalue weighted by Crippen LogP contribution is 2.27. The summed E-state index contributed by atoms with van der Waals surface area (Å²) in [6, 6.07) is 6.59. The highest BCUT2D eigenvalue weighted by molar-refractivity contribution is 5.95. The summed E-state index contributed by atoms with van der Waals surface area (Å²) in [4.78, 5) is 26.9. The standard InChI is InChI=1S/C15H20N2O3/c1-10-6-4-5-7-12(10)16(3)15(20)17-9-8-11(2)13(17)14(18)19/h4-7,11,13H,8-9H2,1-3H3,(H,18,19). The van der Waals surface area contributed by atoms with Gasteiger partial charge in [0.1, 0.15) is 6.04 Å². The molecule has 1 saturated heterocycles. The second-order valence-corrected chi connectivity index (χ2v) is 5.37. The molecule has 2 rings (SSSR count). The van der Waals surface area contributed by atoms with Crippen LogP contribution in [0.15, 0.2) is 24.3 Å². The zero-order valence-electron chi connectivity index (χ0n) is 12.0. The van der Waals surface area contributed by atoms with Crippen LogP contribution in [-0.4, -0.2) is 41.6 Å². The molecule has 2 amide bonds. The van der Waals surface area contributed by atoms with E-state index in [2.05, 4.69) is 0 Å². The minimum Gasteiger partial charge on any atom is -0.480 e. The van der Waals surface area contributed by atoms with E-state index in [-0.39, 0.29) is 11.9 Å². The van der Waals surface area contributed by atoms with E-state index in [1.54, 1.807) is 7.05 Å². The number of aliphatic carboxylic acids is 1. The van der Waals surface area contributed by atoms with E-state index in [1.807, 2.05) is 38.1 Å². The van der Waals surface area contributed by atoms with Crippen LogP contribution in [0.25, 0.3) is 0 Å². The van der Waals surface area contributed by atoms with Crippen LogP contribution in [-0.2, 0) is 4.79 Å². The molecular weight excluding hydrogens is 256 g/mol. The van der Waals surface area contributed by atoms with E-state index >= 15 is 0 Å². The first-order chi connectivity index (χ1) is 9.43. The number of urea groups is 1. The molecule has 0 radical (unpaired) electrons. The van der Waals surface area contributed by atoms with Crippen molar-refractivity contribution in [3.05, 3.63) is 29.8 Å². The van der Waals surface area contributed by atoms with Gasteiger partial charge in [-0.25, -0.2) is 9.59 Å². The molecule has 108 valence electrons. The Bertz CT molecular complexity index is 530. The number of carbonyl (C=O) groups excluding carboxylic acids is 1. The number of aryl methyl sites for hydroxylation is 1. The Labute approximate surface area is 118 Å². The van der Waals surface area contributed by atoms with Crippen LogP contribution in [0.3, 0.4) is 0 Å². The third kappa shape index (κ3) is 2.48. The first kappa shape index (κ1) is 14.4. The molecule has 1 aromatic carbocycles. The maximum absolute atomic E-state index is 12.5. The predicted octanol–water partition coefficient (Wildman–Crippen LogP) is 2.35. The molecule has 0 aliphatic carbocycles. The first-order valence-corrected chi connectivity index (χ1v) is 6.76. The average molecular weight is 276 g/mol. The third-order valence-electron chi connectivity index (χ3n) is 3.96. The van der Waals surface area contributed by atoms with E-state index in [1.165, 1.54) is 9.80 Å². The molecule has 1 heterocycles. The van der Waals surface area contributed by atoms with Crippen LogP contribution in [0.5, 0.6) is 0 Å². The molecular formula is C15H20N2O3. The largest absolute Gasteiger partial charge is 0.480 e. The number of rotatable bonds is 2. The number of hydrogen-bond acceptors (Lipinski definition) is 2. The molecule has 1 N–H and O–H groups in total. The van der Waals surface area contributed by atoms with Crippen molar-refractivity contribution < 1.29 is 14.7 Å². The fourth-order valence-electron chi connectivity index (χ4n) is 2.77. The zero-order valence-corrected chi connectivity index (χ0v) is 12.0. The third-order valence-corrected chi connectivity index (χ3v) is 3.96. The number of likely N-dealkylation sites (tertiary alicyclic amines) is 1. The normalized spacial score (nSPS) is 21.9. The van der Waals surface area contributed by atoms with Gasteiger partial charge in [-0.05, 0) is 30.9 Å². The van der Waals surface area contributed by atoms with Gasteiger partial charge in [0.15, 0.2) is 0 Å². The van der Waals surface area contributed by atoms with E-state index in [0.29, 0.717) is 6.54 Å². The van der Waals surface area contributed by atoms with Gasteiger partial charge in [-0.2, -0.15) is 0 Å². The van der Waals surface area contributed by atoms with Gasteiger partial charge in [0.25, 0.3) is 0 Å². The van der Waals surface area contributed by atoms with Gasteiger partial charge in [-0.3, -0.25) is 4.90 Å². The Morgan fingerprint density at radius 3 is 2.60 bits per heavy atom. The average Bonchev–Trinajstić information content (AvgIpc) is 2.79. The second-order valence-electron chi connectivity index (χ2n) is 5.37. The topological polar surface area (TPSA) is 60.9 Å². The molecule has 0 spiro atoms. The lowest BCUT2D eigenvalue weighted by Crippen LogP contribution is -2.48. The van der Waals surface area contributed by atoms with Crippen molar-refractivity contribution in [3.63, 3.8) is 0 Å². The molecule has 0 aromatic heterocycles. The van der Waals surface area contributed by atoms with Crippen LogP contribution >= 0.6 is 0 Å². The number of nitrogens with zero attached hydrogens (tertiary/aromatic N) is 2. The van der Waals surface area contributed by atoms with Crippen LogP contribution in [0, 0.1) is 12.8 Å². The van der Waals surface area contributed by atoms with Crippen molar-refractivity contribution in [2.24, 2.45) is 5.92 Å². The van der Waals surface area contributed by atoms with Crippen molar-refractivity contribution in [1.29, 1.82) is 0 Å². The Morgan fingerprint density at radius 1 is 1.35 bits per heavy atom. The van der Waals surface area contributed by atoms with Crippen molar-refractivity contribution in [1.82, 2.24) is 4.90 Å². The van der Waals surface area contributed by atoms with Gasteiger partial charge in [0.2, 0.25) is 0 Å². The molecule has 1 fully saturated rings. The molecule has 2 unspecified atom stereocenters. The summed E-state index contributed by atoms with van der Waals surface area (Å²) in [6.45, 7) is 4.30. The molecule has 1 aromatic rings. The smallest absolute Gasteiger partial charge is 0.326 e. The van der Waals surface area contributed by atoms with Gasteiger partial charge >= 0.3 is 12.0 Å². The van der Waals surface area contributed by atoms with Crippen LogP contribution in [0.4, 0.5) is 10.5 Å². The summed E-state index contributed by atoms with van der Waals surface area (Å²) in [6.07, 6.45) is 0.727. The van der Waals surface area contributed by atoms with Gasteiger partial charge in [-0.1, -0.05) is 25.1 Å². The molecule has 5 nitrogen and oxygen atoms in total. The van der Waals surface area contributed by atoms with E-state index in [9.17, 15) is 14.7 Å². The van der Waals surface area contributed by atoms with Crippen molar-refractivity contribution in [3.8, 4) is 0 Å². The maximum atomic E-state index is 12.5. The molecule has 20 heavy (non-hydrogen) atoms. The molecule has 5 heteroatoms. The van der Waals surface area contributed by atoms with Gasteiger partial charge in [0, 0.05) is 19.3 Å². The van der Waals surface area contributed by atoms with E-state index in [4.69, 9.17) is 0 Å². The van der Waals surface area contributed by atoms with Gasteiger partial charge in [0.05, 0.1) is 0 Å². The van der Waals surface area contributed by atoms with Crippen LogP contribution in [0.2, 0.25) is 0 Å². The number of para-hydroxylation sites is 1. The van der Waals surface area contributed by atoms with Crippen molar-refractivity contribution >= 4 is 17.7 Å². The number of carboxylic acids is 1. The molecule has 0 bridgehead atoms. The van der Waals surface area contributed by atoms with E-state index in [0.717, 1.165) is 17.7 Å². The van der Waals surface area contributed by atoms with Crippen LogP contribution in [0.1, 0.15) is 18.9 Å². The number of carboxylic acid groups (broad SMARTS) is 1. The summed E-state index contributed by atoms with van der Waals surface area (Å²) in [7, 11) is 1.69.